The second kappa shape index (κ2) is 23.1. The van der Waals surface area contributed by atoms with Crippen LogP contribution < -0.4 is 21.6 Å². The number of anilines is 4. The Hall–Kier alpha value is -3.02. The predicted molar refractivity (Wildman–Crippen MR) is 213 cm³/mol. The molecule has 54 heavy (non-hydrogen) atoms. The zero-order valence-corrected chi connectivity index (χ0v) is 34.3. The van der Waals surface area contributed by atoms with Gasteiger partial charge in [-0.1, -0.05) is 30.1 Å². The van der Waals surface area contributed by atoms with E-state index in [1.54, 1.807) is 26.2 Å². The molecule has 0 aliphatic heterocycles. The van der Waals surface area contributed by atoms with Crippen LogP contribution in [0.2, 0.25) is 10.0 Å². The van der Waals surface area contributed by atoms with Gasteiger partial charge in [-0.15, -0.1) is 0 Å². The molecule has 0 aliphatic carbocycles. The van der Waals surface area contributed by atoms with Crippen LogP contribution in [-0.4, -0.2) is 63.2 Å². The Labute approximate surface area is 345 Å². The number of rotatable bonds is 17. The minimum atomic E-state index is -0.765. The Bertz CT molecular complexity index is 1900. The molecule has 2 amide bonds. The molecule has 4 rings (SSSR count). The van der Waals surface area contributed by atoms with Crippen LogP contribution >= 0.6 is 68.4 Å². The van der Waals surface area contributed by atoms with Crippen LogP contribution in [0.4, 0.5) is 40.3 Å². The van der Waals surface area contributed by atoms with Gasteiger partial charge in [0.1, 0.15) is 29.9 Å². The Morgan fingerprint density at radius 1 is 0.685 bits per heavy atom. The second-order valence-electron chi connectivity index (χ2n) is 10.8. The van der Waals surface area contributed by atoms with Crippen LogP contribution in [0.15, 0.2) is 60.7 Å². The second-order valence-corrected chi connectivity index (χ2v) is 14.1. The molecule has 1 atom stereocenters. The third kappa shape index (κ3) is 14.6. The smallest absolute Gasteiger partial charge is 0.277 e. The molecular weight excluding hydrogens is 989 g/mol. The largest absolute Gasteiger partial charge is 0.391 e. The monoisotopic (exact) mass is 1020 g/mol. The molecular formula is C35H34Cl2F4I2N4O7. The van der Waals surface area contributed by atoms with Gasteiger partial charge >= 0.3 is 0 Å². The maximum atomic E-state index is 14.1. The molecule has 5 N–H and O–H groups in total. The molecule has 19 heteroatoms. The molecule has 0 saturated carbocycles. The van der Waals surface area contributed by atoms with Gasteiger partial charge in [0.25, 0.3) is 11.8 Å². The van der Waals surface area contributed by atoms with E-state index in [1.165, 1.54) is 24.3 Å². The number of benzene rings is 4. The predicted octanol–water partition coefficient (Wildman–Crippen LogP) is 8.69. The Morgan fingerprint density at radius 3 is 1.59 bits per heavy atom. The topological polar surface area (TPSA) is 139 Å². The van der Waals surface area contributed by atoms with Crippen molar-refractivity contribution in [3.63, 3.8) is 0 Å². The third-order valence-electron chi connectivity index (χ3n) is 6.85. The molecule has 292 valence electrons. The molecule has 11 nitrogen and oxygen atoms in total. The summed E-state index contributed by atoms with van der Waals surface area (Å²) < 4.78 is 67.3. The van der Waals surface area contributed by atoms with E-state index in [1.807, 2.05) is 45.2 Å². The number of aliphatic hydroxyl groups is 1. The Kier molecular flexibility index (Phi) is 19.4. The van der Waals surface area contributed by atoms with Crippen molar-refractivity contribution in [1.29, 1.82) is 0 Å². The van der Waals surface area contributed by atoms with Gasteiger partial charge in [0.2, 0.25) is 0 Å². The van der Waals surface area contributed by atoms with Crippen molar-refractivity contribution in [1.82, 2.24) is 11.0 Å². The summed E-state index contributed by atoms with van der Waals surface area (Å²) in [5.74, 6) is -4.01. The van der Waals surface area contributed by atoms with Gasteiger partial charge in [-0.25, -0.2) is 28.5 Å². The number of hydrogen-bond donors (Lipinski definition) is 5. The first-order valence-corrected chi connectivity index (χ1v) is 18.7. The summed E-state index contributed by atoms with van der Waals surface area (Å²) in [5.41, 5.74) is 4.53. The zero-order chi connectivity index (χ0) is 39.8. The molecule has 0 aliphatic rings. The summed E-state index contributed by atoms with van der Waals surface area (Å²) in [4.78, 5) is 34.6. The fraction of sp³-hybridized carbons (Fsp3) is 0.257. The molecule has 0 saturated heterocycles. The van der Waals surface area contributed by atoms with Crippen molar-refractivity contribution in [3.05, 3.63) is 112 Å². The number of carbonyl (C=O) groups is 2. The summed E-state index contributed by atoms with van der Waals surface area (Å²) in [7, 11) is 1.56. The lowest BCUT2D eigenvalue weighted by Gasteiger charge is -2.15. The van der Waals surface area contributed by atoms with Gasteiger partial charge in [-0.3, -0.25) is 19.3 Å². The van der Waals surface area contributed by atoms with Crippen LogP contribution in [-0.2, 0) is 19.1 Å². The van der Waals surface area contributed by atoms with E-state index in [0.29, 0.717) is 26.8 Å². The molecule has 0 heterocycles. The minimum absolute atomic E-state index is 0.00958. The number of aliphatic hydroxyl groups excluding tert-OH is 1. The lowest BCUT2D eigenvalue weighted by Crippen LogP contribution is -2.28. The van der Waals surface area contributed by atoms with Crippen molar-refractivity contribution in [3.8, 4) is 0 Å². The van der Waals surface area contributed by atoms with Crippen LogP contribution in [0.5, 0.6) is 0 Å². The molecule has 0 fully saturated rings. The summed E-state index contributed by atoms with van der Waals surface area (Å²) in [6, 6.07) is 13.1. The highest BCUT2D eigenvalue weighted by Gasteiger charge is 2.19. The highest BCUT2D eigenvalue weighted by Crippen LogP contribution is 2.30. The van der Waals surface area contributed by atoms with Crippen LogP contribution in [0.3, 0.4) is 0 Å². The van der Waals surface area contributed by atoms with E-state index in [0.717, 1.165) is 24.3 Å². The first kappa shape index (κ1) is 45.4. The van der Waals surface area contributed by atoms with Crippen molar-refractivity contribution in [2.45, 2.75) is 19.4 Å². The molecule has 4 aromatic carbocycles. The van der Waals surface area contributed by atoms with E-state index in [-0.39, 0.29) is 63.7 Å². The highest BCUT2D eigenvalue weighted by atomic mass is 127. The van der Waals surface area contributed by atoms with Crippen molar-refractivity contribution in [2.75, 3.05) is 50.8 Å². The Balaban J connectivity index is 0.000000291. The average Bonchev–Trinajstić information content (AvgIpc) is 3.13. The van der Waals surface area contributed by atoms with Gasteiger partial charge in [0.15, 0.2) is 0 Å². The Morgan fingerprint density at radius 2 is 1.15 bits per heavy atom. The maximum absolute atomic E-state index is 14.1. The highest BCUT2D eigenvalue weighted by molar-refractivity contribution is 14.1. The summed E-state index contributed by atoms with van der Waals surface area (Å²) >= 11 is 15.5. The minimum Gasteiger partial charge on any atom is -0.391 e. The quantitative estimate of drug-likeness (QED) is 0.0305. The van der Waals surface area contributed by atoms with E-state index in [4.69, 9.17) is 42.4 Å². The summed E-state index contributed by atoms with van der Waals surface area (Å²) in [5, 5.41) is 14.3. The van der Waals surface area contributed by atoms with E-state index in [2.05, 4.69) is 21.6 Å². The first-order chi connectivity index (χ1) is 25.7. The standard InChI is InChI=1S/C18H18ClF2IN2O4.C17H16ClF2IN2O3/c1-26-4-5-27-6-7-28-24-18(25)12-9-13(19)14(20)10-17(12)23-16-3-2-11(22)8-15(16)21;1-2-10(24)8-26-23-17(25)11-6-12(18)13(19)7-16(11)22-15-4-3-9(21)5-14(15)20/h2-3,8-10,23H,4-7H2,1H3,(H,24,25);3-7,10,22,24H,2,8H2,1H3,(H,23,25). The number of halogens is 8. The third-order valence-corrected chi connectivity index (χ3v) is 8.77. The number of ether oxygens (including phenoxy) is 2. The van der Waals surface area contributed by atoms with Gasteiger partial charge in [-0.05, 0) is 112 Å². The van der Waals surface area contributed by atoms with Gasteiger partial charge < -0.3 is 25.2 Å². The van der Waals surface area contributed by atoms with Gasteiger partial charge in [0, 0.05) is 14.3 Å². The van der Waals surface area contributed by atoms with Crippen LogP contribution in [0, 0.1) is 30.4 Å². The maximum Gasteiger partial charge on any atom is 0.277 e. The number of hydrogen-bond acceptors (Lipinski definition) is 9. The van der Waals surface area contributed by atoms with Crippen molar-refractivity contribution < 1.29 is 51.4 Å². The zero-order valence-electron chi connectivity index (χ0n) is 28.5. The fourth-order valence-corrected chi connectivity index (χ4v) is 5.27. The van der Waals surface area contributed by atoms with Gasteiger partial charge in [0.05, 0.1) is 76.5 Å². The molecule has 0 aromatic heterocycles. The van der Waals surface area contributed by atoms with E-state index in [9.17, 15) is 32.3 Å². The molecule has 1 unspecified atom stereocenters. The molecule has 0 bridgehead atoms. The van der Waals surface area contributed by atoms with Crippen LogP contribution in [0.25, 0.3) is 0 Å². The number of nitrogens with one attached hydrogen (secondary N) is 4. The van der Waals surface area contributed by atoms with E-state index < -0.39 is 41.2 Å². The van der Waals surface area contributed by atoms with E-state index >= 15 is 0 Å². The fourth-order valence-electron chi connectivity index (χ4n) is 4.04. The molecule has 4 aromatic rings. The average molecular weight is 1020 g/mol. The lowest BCUT2D eigenvalue weighted by atomic mass is 10.1. The number of amides is 2. The number of methoxy groups -OCH3 is 1. The first-order valence-electron chi connectivity index (χ1n) is 15.7. The number of carbonyl (C=O) groups excluding carboxylic acids is 2. The van der Waals surface area contributed by atoms with Gasteiger partial charge in [-0.2, -0.15) is 0 Å². The summed E-state index contributed by atoms with van der Waals surface area (Å²) in [6.45, 7) is 2.84. The molecule has 0 spiro atoms. The lowest BCUT2D eigenvalue weighted by molar-refractivity contribution is -0.0133. The van der Waals surface area contributed by atoms with Crippen molar-refractivity contribution >= 4 is 103 Å². The van der Waals surface area contributed by atoms with Crippen LogP contribution in [0.1, 0.15) is 34.1 Å². The normalized spacial score (nSPS) is 11.3. The van der Waals surface area contributed by atoms with Crippen molar-refractivity contribution in [2.24, 2.45) is 0 Å². The molecule has 0 radical (unpaired) electrons. The summed E-state index contributed by atoms with van der Waals surface area (Å²) in [6.07, 6.45) is -0.275. The SMILES string of the molecule is CCC(O)CONC(=O)c1cc(Cl)c(F)cc1Nc1ccc(I)cc1F.COCCOCCONC(=O)c1cc(Cl)c(F)cc1Nc1ccc(I)cc1F. The number of hydroxylamine groups is 2.